The molecule has 0 fully saturated rings. The average molecular weight is 301 g/mol. The summed E-state index contributed by atoms with van der Waals surface area (Å²) in [6.45, 7) is 2.59. The summed E-state index contributed by atoms with van der Waals surface area (Å²) in [5.74, 6) is 0. The fraction of sp³-hybridized carbons (Fsp3) is 0.267. The second-order valence-corrected chi connectivity index (χ2v) is 7.32. The number of rotatable bonds is 2. The number of pyridine rings is 1. The highest BCUT2D eigenvalue weighted by Crippen LogP contribution is 2.29. The molecule has 0 spiro atoms. The van der Waals surface area contributed by atoms with Gasteiger partial charge in [-0.1, -0.05) is 18.2 Å². The van der Waals surface area contributed by atoms with E-state index >= 15 is 0 Å². The largest absolute Gasteiger partial charge is 0.309 e. The second kappa shape index (κ2) is 4.62. The third-order valence-corrected chi connectivity index (χ3v) is 5.95. The van der Waals surface area contributed by atoms with Gasteiger partial charge in [0.25, 0.3) is 0 Å². The predicted octanol–water partition coefficient (Wildman–Crippen LogP) is 1.14. The SMILES string of the molecule is O=S(=O)(c1cccc2cccnc12)N1CC2=C(CNC2)C1. The van der Waals surface area contributed by atoms with E-state index in [0.717, 1.165) is 18.5 Å². The van der Waals surface area contributed by atoms with E-state index in [1.165, 1.54) is 11.1 Å². The molecule has 0 bridgehead atoms. The van der Waals surface area contributed by atoms with Gasteiger partial charge in [-0.15, -0.1) is 0 Å². The molecule has 5 nitrogen and oxygen atoms in total. The van der Waals surface area contributed by atoms with Crippen molar-refractivity contribution in [2.75, 3.05) is 26.2 Å². The van der Waals surface area contributed by atoms with Gasteiger partial charge in [0.15, 0.2) is 0 Å². The highest BCUT2D eigenvalue weighted by molar-refractivity contribution is 7.89. The van der Waals surface area contributed by atoms with Crippen LogP contribution in [0.5, 0.6) is 0 Å². The van der Waals surface area contributed by atoms with Crippen molar-refractivity contribution in [1.82, 2.24) is 14.6 Å². The van der Waals surface area contributed by atoms with Gasteiger partial charge in [0.05, 0.1) is 5.52 Å². The topological polar surface area (TPSA) is 62.3 Å². The lowest BCUT2D eigenvalue weighted by molar-refractivity contribution is 0.474. The fourth-order valence-corrected chi connectivity index (χ4v) is 4.62. The van der Waals surface area contributed by atoms with E-state index in [9.17, 15) is 8.42 Å². The van der Waals surface area contributed by atoms with Gasteiger partial charge in [0.1, 0.15) is 4.90 Å². The lowest BCUT2D eigenvalue weighted by atomic mass is 10.2. The summed E-state index contributed by atoms with van der Waals surface area (Å²) in [6.07, 6.45) is 1.63. The minimum atomic E-state index is -3.51. The van der Waals surface area contributed by atoms with Gasteiger partial charge >= 0.3 is 0 Å². The summed E-state index contributed by atoms with van der Waals surface area (Å²) in [5, 5.41) is 4.10. The molecule has 0 atom stereocenters. The molecule has 2 aliphatic rings. The van der Waals surface area contributed by atoms with Crippen LogP contribution in [-0.4, -0.2) is 43.9 Å². The van der Waals surface area contributed by atoms with Gasteiger partial charge in [-0.05, 0) is 23.3 Å². The summed E-state index contributed by atoms with van der Waals surface area (Å²) in [4.78, 5) is 4.56. The Kier molecular flexibility index (Phi) is 2.85. The van der Waals surface area contributed by atoms with Crippen molar-refractivity contribution in [2.24, 2.45) is 0 Å². The van der Waals surface area contributed by atoms with Gasteiger partial charge in [-0.3, -0.25) is 4.98 Å². The number of hydrogen-bond acceptors (Lipinski definition) is 4. The Hall–Kier alpha value is -1.76. The lowest BCUT2D eigenvalue weighted by Crippen LogP contribution is -2.32. The molecule has 4 rings (SSSR count). The minimum Gasteiger partial charge on any atom is -0.309 e. The molecule has 1 N–H and O–H groups in total. The number of para-hydroxylation sites is 1. The van der Waals surface area contributed by atoms with Crippen LogP contribution in [0.4, 0.5) is 0 Å². The van der Waals surface area contributed by atoms with Crippen LogP contribution in [0.2, 0.25) is 0 Å². The number of sulfonamides is 1. The average Bonchev–Trinajstić information content (AvgIpc) is 3.08. The van der Waals surface area contributed by atoms with Crippen molar-refractivity contribution in [1.29, 1.82) is 0 Å². The van der Waals surface area contributed by atoms with Crippen LogP contribution in [-0.2, 0) is 10.0 Å². The fourth-order valence-electron chi connectivity index (χ4n) is 3.02. The van der Waals surface area contributed by atoms with Crippen LogP contribution >= 0.6 is 0 Å². The van der Waals surface area contributed by atoms with E-state index in [1.54, 1.807) is 22.6 Å². The molecule has 0 unspecified atom stereocenters. The van der Waals surface area contributed by atoms with Crippen LogP contribution in [0, 0.1) is 0 Å². The van der Waals surface area contributed by atoms with Crippen molar-refractivity contribution in [3.8, 4) is 0 Å². The van der Waals surface area contributed by atoms with Gasteiger partial charge in [0, 0.05) is 37.8 Å². The first kappa shape index (κ1) is 12.9. The number of hydrogen-bond donors (Lipinski definition) is 1. The van der Waals surface area contributed by atoms with Crippen LogP contribution in [0.3, 0.4) is 0 Å². The second-order valence-electron chi connectivity index (χ2n) is 5.42. The molecule has 0 amide bonds. The number of nitrogens with one attached hydrogen (secondary N) is 1. The summed E-state index contributed by atoms with van der Waals surface area (Å²) in [5.41, 5.74) is 2.98. The van der Waals surface area contributed by atoms with Crippen LogP contribution in [0.1, 0.15) is 0 Å². The molecule has 3 heterocycles. The number of nitrogens with zero attached hydrogens (tertiary/aromatic N) is 2. The minimum absolute atomic E-state index is 0.301. The van der Waals surface area contributed by atoms with Crippen LogP contribution in [0.25, 0.3) is 10.9 Å². The first-order valence-electron chi connectivity index (χ1n) is 6.90. The third-order valence-electron chi connectivity index (χ3n) is 4.12. The van der Waals surface area contributed by atoms with Crippen molar-refractivity contribution < 1.29 is 8.42 Å². The monoisotopic (exact) mass is 301 g/mol. The molecule has 1 aromatic carbocycles. The van der Waals surface area contributed by atoms with Crippen LogP contribution in [0.15, 0.2) is 52.6 Å². The summed E-state index contributed by atoms with van der Waals surface area (Å²) in [6, 6.07) is 9.00. The zero-order chi connectivity index (χ0) is 14.4. The standard InChI is InChI=1S/C15H15N3O2S/c19-21(20,18-9-12-7-16-8-13(12)10-18)14-5-1-3-11-4-2-6-17-15(11)14/h1-6,16H,7-10H2. The molecule has 0 saturated carbocycles. The smallest absolute Gasteiger partial charge is 0.245 e. The maximum absolute atomic E-state index is 12.9. The molecule has 2 aliphatic heterocycles. The third kappa shape index (κ3) is 1.98. The Labute approximate surface area is 123 Å². The molecule has 2 aromatic rings. The molecule has 0 radical (unpaired) electrons. The van der Waals surface area contributed by atoms with E-state index in [2.05, 4.69) is 10.3 Å². The van der Waals surface area contributed by atoms with Crippen molar-refractivity contribution in [2.45, 2.75) is 4.90 Å². The maximum atomic E-state index is 12.9. The molecule has 1 aromatic heterocycles. The van der Waals surface area contributed by atoms with E-state index in [4.69, 9.17) is 0 Å². The zero-order valence-electron chi connectivity index (χ0n) is 11.4. The predicted molar refractivity (Wildman–Crippen MR) is 80.4 cm³/mol. The van der Waals surface area contributed by atoms with Crippen molar-refractivity contribution in [3.05, 3.63) is 47.7 Å². The highest BCUT2D eigenvalue weighted by Gasteiger charge is 2.34. The number of aromatic nitrogens is 1. The Morgan fingerprint density at radius 3 is 2.52 bits per heavy atom. The van der Waals surface area contributed by atoms with Gasteiger partial charge in [-0.25, -0.2) is 8.42 Å². The molecule has 0 aliphatic carbocycles. The van der Waals surface area contributed by atoms with Crippen molar-refractivity contribution >= 4 is 20.9 Å². The summed E-state index contributed by atoms with van der Waals surface area (Å²) >= 11 is 0. The van der Waals surface area contributed by atoms with E-state index < -0.39 is 10.0 Å². The zero-order valence-corrected chi connectivity index (χ0v) is 12.2. The number of fused-ring (bicyclic) bond motifs is 1. The van der Waals surface area contributed by atoms with Gasteiger partial charge in [0.2, 0.25) is 10.0 Å². The maximum Gasteiger partial charge on any atom is 0.245 e. The Morgan fingerprint density at radius 1 is 1.05 bits per heavy atom. The van der Waals surface area contributed by atoms with Crippen LogP contribution < -0.4 is 5.32 Å². The van der Waals surface area contributed by atoms with Crippen molar-refractivity contribution in [3.63, 3.8) is 0 Å². The highest BCUT2D eigenvalue weighted by atomic mass is 32.2. The van der Waals surface area contributed by atoms with E-state index in [-0.39, 0.29) is 0 Å². The summed E-state index contributed by atoms with van der Waals surface area (Å²) < 4.78 is 27.4. The quantitative estimate of drug-likeness (QED) is 0.845. The van der Waals surface area contributed by atoms with Gasteiger partial charge in [-0.2, -0.15) is 4.31 Å². The Bertz CT molecular complexity index is 837. The van der Waals surface area contributed by atoms with E-state index in [1.807, 2.05) is 18.2 Å². The Balaban J connectivity index is 1.78. The Morgan fingerprint density at radius 2 is 1.76 bits per heavy atom. The molecule has 0 saturated heterocycles. The molecule has 108 valence electrons. The normalized spacial score (nSPS) is 19.4. The first-order chi connectivity index (χ1) is 10.2. The molecular weight excluding hydrogens is 286 g/mol. The lowest BCUT2D eigenvalue weighted by Gasteiger charge is -2.19. The molecular formula is C15H15N3O2S. The summed E-state index contributed by atoms with van der Waals surface area (Å²) in [7, 11) is -3.51. The number of benzene rings is 1. The van der Waals surface area contributed by atoms with E-state index in [0.29, 0.717) is 23.5 Å². The molecule has 6 heteroatoms. The van der Waals surface area contributed by atoms with Gasteiger partial charge < -0.3 is 5.32 Å². The molecule has 21 heavy (non-hydrogen) atoms. The first-order valence-corrected chi connectivity index (χ1v) is 8.35.